The normalized spacial score (nSPS) is 11.2. The zero-order valence-corrected chi connectivity index (χ0v) is 8.72. The van der Waals surface area contributed by atoms with Gasteiger partial charge >= 0.3 is 0 Å². The third-order valence-corrected chi connectivity index (χ3v) is 1.97. The van der Waals surface area contributed by atoms with E-state index in [-0.39, 0.29) is 0 Å². The van der Waals surface area contributed by atoms with Crippen LogP contribution in [0.15, 0.2) is 36.9 Å². The van der Waals surface area contributed by atoms with Crippen LogP contribution in [-0.4, -0.2) is 20.0 Å². The summed E-state index contributed by atoms with van der Waals surface area (Å²) in [4.78, 5) is 2.53. The molecule has 2 rings (SSSR count). The van der Waals surface area contributed by atoms with Crippen LogP contribution in [0.1, 0.15) is 0 Å². The summed E-state index contributed by atoms with van der Waals surface area (Å²) in [7, 11) is 0. The number of nitrogen functional groups attached to an aromatic ring is 2. The van der Waals surface area contributed by atoms with E-state index in [1.165, 1.54) is 9.58 Å². The highest BCUT2D eigenvalue weighted by Gasteiger charge is 2.00. The molecule has 8 heteroatoms. The summed E-state index contributed by atoms with van der Waals surface area (Å²) in [6, 6.07) is 0. The molecule has 0 spiro atoms. The van der Waals surface area contributed by atoms with Gasteiger partial charge in [-0.25, -0.2) is 11.7 Å². The third-order valence-electron chi connectivity index (χ3n) is 1.97. The van der Waals surface area contributed by atoms with Crippen LogP contribution < -0.4 is 21.0 Å². The minimum absolute atomic E-state index is 0.675. The molecule has 0 unspecified atom stereocenters. The maximum Gasteiger partial charge on any atom is 0.184 e. The summed E-state index contributed by atoms with van der Waals surface area (Å²) >= 11 is 0. The second kappa shape index (κ2) is 4.43. The van der Waals surface area contributed by atoms with Crippen LogP contribution in [-0.2, 0) is 13.1 Å². The van der Waals surface area contributed by atoms with Gasteiger partial charge in [-0.05, 0) is 21.7 Å². The lowest BCUT2D eigenvalue weighted by molar-refractivity contribution is -0.749. The average molecular weight is 222 g/mol. The fraction of sp³-hybridized carbons (Fsp3) is 0.250. The van der Waals surface area contributed by atoms with Gasteiger partial charge in [0.05, 0.1) is 0 Å². The van der Waals surface area contributed by atoms with Gasteiger partial charge < -0.3 is 0 Å². The Morgan fingerprint density at radius 3 is 1.69 bits per heavy atom. The van der Waals surface area contributed by atoms with Gasteiger partial charge in [-0.15, -0.1) is 9.36 Å². The Hall–Kier alpha value is -2.38. The Balaban J connectivity index is 1.82. The van der Waals surface area contributed by atoms with Gasteiger partial charge in [-0.2, -0.15) is 0 Å². The van der Waals surface area contributed by atoms with Crippen molar-refractivity contribution in [3.63, 3.8) is 0 Å². The van der Waals surface area contributed by atoms with E-state index in [9.17, 15) is 0 Å². The molecule has 0 atom stereocenters. The molecule has 0 fully saturated rings. The zero-order chi connectivity index (χ0) is 11.4. The van der Waals surface area contributed by atoms with Gasteiger partial charge in [-0.1, -0.05) is 0 Å². The minimum atomic E-state index is 0.675. The lowest BCUT2D eigenvalue weighted by Crippen LogP contribution is -2.38. The van der Waals surface area contributed by atoms with Crippen LogP contribution in [0.4, 0.5) is 0 Å². The van der Waals surface area contributed by atoms with Crippen LogP contribution in [0.25, 0.3) is 0 Å². The largest absolute Gasteiger partial charge is 0.249 e. The van der Waals surface area contributed by atoms with Crippen LogP contribution in [0.5, 0.6) is 0 Å². The van der Waals surface area contributed by atoms with Crippen LogP contribution in [0, 0.1) is 0 Å². The molecule has 4 N–H and O–H groups in total. The van der Waals surface area contributed by atoms with Crippen molar-refractivity contribution in [3.05, 3.63) is 36.9 Å². The van der Waals surface area contributed by atoms with E-state index in [0.717, 1.165) is 0 Å². The van der Waals surface area contributed by atoms with Crippen molar-refractivity contribution in [2.75, 3.05) is 11.7 Å². The number of hydrogen-bond donors (Lipinski definition) is 2. The highest BCUT2D eigenvalue weighted by molar-refractivity contribution is 4.74. The predicted octanol–water partition coefficient (Wildman–Crippen LogP) is -2.66. The van der Waals surface area contributed by atoms with Crippen LogP contribution in [0.3, 0.4) is 0 Å². The summed E-state index contributed by atoms with van der Waals surface area (Å²) in [5.41, 5.74) is 0. The zero-order valence-electron chi connectivity index (χ0n) is 8.72. The number of hydrogen-bond acceptors (Lipinski definition) is 4. The van der Waals surface area contributed by atoms with E-state index < -0.39 is 0 Å². The quantitative estimate of drug-likeness (QED) is 0.335. The van der Waals surface area contributed by atoms with E-state index in [1.54, 1.807) is 34.2 Å². The number of rotatable bonds is 4. The fourth-order valence-corrected chi connectivity index (χ4v) is 1.23. The fourth-order valence-electron chi connectivity index (χ4n) is 1.23. The highest BCUT2D eigenvalue weighted by Crippen LogP contribution is 1.76. The van der Waals surface area contributed by atoms with Gasteiger partial charge in [0.25, 0.3) is 0 Å². The lowest BCUT2D eigenvalue weighted by atomic mass is 10.5. The molecule has 0 bridgehead atoms. The topological polar surface area (TPSA) is 95.4 Å². The van der Waals surface area contributed by atoms with Gasteiger partial charge in [0.2, 0.25) is 0 Å². The summed E-state index contributed by atoms with van der Waals surface area (Å²) in [6.45, 7) is 1.35. The van der Waals surface area contributed by atoms with Crippen molar-refractivity contribution in [3.8, 4) is 0 Å². The molecule has 0 saturated heterocycles. The van der Waals surface area contributed by atoms with Crippen molar-refractivity contribution < 1.29 is 9.36 Å². The first-order valence-corrected chi connectivity index (χ1v) is 4.80. The summed E-state index contributed by atoms with van der Waals surface area (Å²) in [6.07, 6.45) is 10.9. The Bertz CT molecular complexity index is 437. The molecule has 0 radical (unpaired) electrons. The number of allylic oxidation sites excluding steroid dienone is 2. The molecule has 2 heterocycles. The molecule has 0 saturated carbocycles. The maximum absolute atomic E-state index is 5.41. The third kappa shape index (κ3) is 2.56. The van der Waals surface area contributed by atoms with Gasteiger partial charge in [0.15, 0.2) is 24.8 Å². The first-order chi connectivity index (χ1) is 7.74. The number of aromatic nitrogens is 6. The Labute approximate surface area is 91.9 Å². The van der Waals surface area contributed by atoms with E-state index in [2.05, 4.69) is 10.4 Å². The summed E-state index contributed by atoms with van der Waals surface area (Å²) in [5, 5.41) is 7.95. The molecule has 84 valence electrons. The second-order valence-corrected chi connectivity index (χ2v) is 3.25. The predicted molar refractivity (Wildman–Crippen MR) is 54.3 cm³/mol. The molecule has 16 heavy (non-hydrogen) atoms. The van der Waals surface area contributed by atoms with Gasteiger partial charge in [-0.3, -0.25) is 0 Å². The summed E-state index contributed by atoms with van der Waals surface area (Å²) in [5.74, 6) is 10.8. The van der Waals surface area contributed by atoms with Crippen LogP contribution >= 0.6 is 0 Å². The van der Waals surface area contributed by atoms with Crippen molar-refractivity contribution in [1.82, 2.24) is 20.0 Å². The molecule has 0 aromatic carbocycles. The molecule has 2 aromatic heterocycles. The smallest absolute Gasteiger partial charge is 0.184 e. The first-order valence-electron chi connectivity index (χ1n) is 4.80. The molecular formula is C8H14N8+2. The van der Waals surface area contributed by atoms with E-state index in [0.29, 0.717) is 13.1 Å². The van der Waals surface area contributed by atoms with Crippen molar-refractivity contribution in [2.45, 2.75) is 13.1 Å². The van der Waals surface area contributed by atoms with Gasteiger partial charge in [0, 0.05) is 0 Å². The minimum Gasteiger partial charge on any atom is -0.249 e. The van der Waals surface area contributed by atoms with Crippen LogP contribution in [0.2, 0.25) is 0 Å². The SMILES string of the molecule is Nn1cc[n+](C/C=C/C[n+]2ccn(N)n2)n1. The standard InChI is InChI=1S/C8H14N8/c9-15-7-5-13(11-15)3-1-2-4-14-6-8-16(10)12-14/h1-2,5-8H,3-4H2,(H2,9,11)(H2,10,12)/q+2/b2-1+. The van der Waals surface area contributed by atoms with Crippen molar-refractivity contribution >= 4 is 0 Å². The van der Waals surface area contributed by atoms with Crippen molar-refractivity contribution in [2.24, 2.45) is 0 Å². The molecule has 0 aliphatic rings. The monoisotopic (exact) mass is 222 g/mol. The molecule has 0 amide bonds. The molecule has 8 nitrogen and oxygen atoms in total. The summed E-state index contributed by atoms with van der Waals surface area (Å²) < 4.78 is 3.45. The second-order valence-electron chi connectivity index (χ2n) is 3.25. The van der Waals surface area contributed by atoms with Crippen molar-refractivity contribution in [1.29, 1.82) is 0 Å². The highest BCUT2D eigenvalue weighted by atomic mass is 15.6. The molecule has 0 aliphatic carbocycles. The number of nitrogens with zero attached hydrogens (tertiary/aromatic N) is 6. The molecule has 0 aliphatic heterocycles. The first kappa shape index (κ1) is 10.1. The molecular weight excluding hydrogens is 208 g/mol. The Kier molecular flexibility index (Phi) is 2.81. The number of nitrogens with two attached hydrogens (primary N) is 2. The van der Waals surface area contributed by atoms with E-state index in [4.69, 9.17) is 11.7 Å². The van der Waals surface area contributed by atoms with E-state index >= 15 is 0 Å². The maximum atomic E-state index is 5.41. The average Bonchev–Trinajstić information content (AvgIpc) is 2.83. The molecule has 2 aromatic rings. The Morgan fingerprint density at radius 2 is 1.38 bits per heavy atom. The van der Waals surface area contributed by atoms with E-state index in [1.807, 2.05) is 12.2 Å². The lowest BCUT2D eigenvalue weighted by Gasteiger charge is -1.85. The Morgan fingerprint density at radius 1 is 0.938 bits per heavy atom. The van der Waals surface area contributed by atoms with Gasteiger partial charge in [0.1, 0.15) is 23.5 Å².